The number of aromatic nitrogens is 1. The van der Waals surface area contributed by atoms with Gasteiger partial charge in [0.05, 0.1) is 18.8 Å². The summed E-state index contributed by atoms with van der Waals surface area (Å²) in [4.78, 5) is 8.32. The highest BCUT2D eigenvalue weighted by atomic mass is 32.1. The zero-order valence-corrected chi connectivity index (χ0v) is 11.6. The van der Waals surface area contributed by atoms with Gasteiger partial charge in [0.1, 0.15) is 5.01 Å². The van der Waals surface area contributed by atoms with Crippen molar-refractivity contribution in [3.63, 3.8) is 0 Å². The van der Waals surface area contributed by atoms with E-state index < -0.39 is 0 Å². The van der Waals surface area contributed by atoms with Crippen LogP contribution in [0.15, 0.2) is 0 Å². The number of nitrogens with zero attached hydrogens (tertiary/aromatic N) is 2. The maximum atomic E-state index is 9.18. The van der Waals surface area contributed by atoms with Crippen molar-refractivity contribution < 1.29 is 5.11 Å². The van der Waals surface area contributed by atoms with Crippen LogP contribution in [0.3, 0.4) is 0 Å². The van der Waals surface area contributed by atoms with E-state index in [1.165, 1.54) is 35.6 Å². The first-order valence-corrected chi connectivity index (χ1v) is 7.30. The topological polar surface area (TPSA) is 36.4 Å². The molecule has 1 saturated carbocycles. The van der Waals surface area contributed by atoms with Crippen LogP contribution in [0.25, 0.3) is 0 Å². The molecule has 0 amide bonds. The van der Waals surface area contributed by atoms with Crippen LogP contribution in [0.5, 0.6) is 0 Å². The number of aliphatic hydroxyl groups is 1. The Morgan fingerprint density at radius 1 is 1.35 bits per heavy atom. The van der Waals surface area contributed by atoms with Crippen LogP contribution in [0.4, 0.5) is 0 Å². The third-order valence-corrected chi connectivity index (χ3v) is 4.70. The molecule has 1 aliphatic carbocycles. The number of hydrogen-bond acceptors (Lipinski definition) is 4. The van der Waals surface area contributed by atoms with Gasteiger partial charge in [-0.1, -0.05) is 12.8 Å². The highest BCUT2D eigenvalue weighted by Crippen LogP contribution is 2.26. The van der Waals surface area contributed by atoms with Gasteiger partial charge in [0, 0.05) is 17.5 Å². The maximum absolute atomic E-state index is 9.18. The Bertz CT molecular complexity index is 339. The maximum Gasteiger partial charge on any atom is 0.107 e. The minimum atomic E-state index is 0.250. The lowest BCUT2D eigenvalue weighted by atomic mass is 10.2. The third-order valence-electron chi connectivity index (χ3n) is 3.64. The van der Waals surface area contributed by atoms with Crippen LogP contribution >= 0.6 is 11.3 Å². The van der Waals surface area contributed by atoms with E-state index in [0.29, 0.717) is 6.04 Å². The van der Waals surface area contributed by atoms with Crippen LogP contribution < -0.4 is 0 Å². The van der Waals surface area contributed by atoms with Gasteiger partial charge in [0.2, 0.25) is 0 Å². The second-order valence-electron chi connectivity index (χ2n) is 4.88. The number of rotatable bonds is 5. The Morgan fingerprint density at radius 2 is 2.06 bits per heavy atom. The molecule has 0 bridgehead atoms. The smallest absolute Gasteiger partial charge is 0.107 e. The van der Waals surface area contributed by atoms with E-state index in [9.17, 15) is 5.11 Å². The molecule has 0 atom stereocenters. The summed E-state index contributed by atoms with van der Waals surface area (Å²) in [6.45, 7) is 6.14. The lowest BCUT2D eigenvalue weighted by molar-refractivity contribution is 0.144. The molecule has 0 unspecified atom stereocenters. The van der Waals surface area contributed by atoms with E-state index in [1.807, 2.05) is 0 Å². The minimum Gasteiger partial charge on any atom is -0.395 e. The Labute approximate surface area is 107 Å². The number of aliphatic hydroxyl groups excluding tert-OH is 1. The quantitative estimate of drug-likeness (QED) is 0.877. The fourth-order valence-corrected chi connectivity index (χ4v) is 3.53. The molecule has 1 fully saturated rings. The van der Waals surface area contributed by atoms with Gasteiger partial charge in [-0.2, -0.15) is 0 Å². The molecule has 1 aliphatic rings. The van der Waals surface area contributed by atoms with Crippen molar-refractivity contribution in [2.75, 3.05) is 13.2 Å². The largest absolute Gasteiger partial charge is 0.395 e. The van der Waals surface area contributed by atoms with E-state index in [4.69, 9.17) is 0 Å². The molecule has 2 rings (SSSR count). The first kappa shape index (κ1) is 13.0. The molecule has 0 radical (unpaired) electrons. The monoisotopic (exact) mass is 254 g/mol. The average Bonchev–Trinajstić information content (AvgIpc) is 2.89. The number of aryl methyl sites for hydroxylation is 2. The predicted octanol–water partition coefficient (Wildman–Crippen LogP) is 2.50. The highest BCUT2D eigenvalue weighted by molar-refractivity contribution is 7.11. The molecule has 0 aliphatic heterocycles. The molecule has 1 heterocycles. The van der Waals surface area contributed by atoms with Crippen molar-refractivity contribution in [2.45, 2.75) is 52.1 Å². The molecule has 0 saturated heterocycles. The van der Waals surface area contributed by atoms with Crippen molar-refractivity contribution in [1.29, 1.82) is 0 Å². The molecule has 17 heavy (non-hydrogen) atoms. The SMILES string of the molecule is Cc1nc(CN(CCO)C2CCCC2)sc1C. The molecule has 4 heteroatoms. The summed E-state index contributed by atoms with van der Waals surface area (Å²) in [6, 6.07) is 0.659. The molecule has 0 spiro atoms. The van der Waals surface area contributed by atoms with Gasteiger partial charge in [-0.05, 0) is 26.7 Å². The van der Waals surface area contributed by atoms with E-state index in [-0.39, 0.29) is 6.61 Å². The highest BCUT2D eigenvalue weighted by Gasteiger charge is 2.23. The van der Waals surface area contributed by atoms with E-state index in [0.717, 1.165) is 18.8 Å². The second-order valence-corrected chi connectivity index (χ2v) is 6.17. The van der Waals surface area contributed by atoms with Crippen molar-refractivity contribution in [2.24, 2.45) is 0 Å². The van der Waals surface area contributed by atoms with E-state index in [1.54, 1.807) is 11.3 Å². The molecular weight excluding hydrogens is 232 g/mol. The summed E-state index contributed by atoms with van der Waals surface area (Å²) in [6.07, 6.45) is 5.23. The van der Waals surface area contributed by atoms with Crippen LogP contribution in [0.2, 0.25) is 0 Å². The fourth-order valence-electron chi connectivity index (χ4n) is 2.57. The lowest BCUT2D eigenvalue weighted by Crippen LogP contribution is -2.35. The zero-order valence-electron chi connectivity index (χ0n) is 10.8. The molecule has 1 N–H and O–H groups in total. The summed E-state index contributed by atoms with van der Waals surface area (Å²) in [7, 11) is 0. The van der Waals surface area contributed by atoms with Crippen LogP contribution in [-0.4, -0.2) is 34.2 Å². The normalized spacial score (nSPS) is 17.2. The lowest BCUT2D eigenvalue weighted by Gasteiger charge is -2.26. The van der Waals surface area contributed by atoms with Gasteiger partial charge in [-0.3, -0.25) is 4.90 Å². The Hall–Kier alpha value is -0.450. The molecule has 1 aromatic heterocycles. The Balaban J connectivity index is 2.01. The molecule has 96 valence electrons. The standard InChI is InChI=1S/C13H22N2OS/c1-10-11(2)17-13(14-10)9-15(7-8-16)12-5-3-4-6-12/h12,16H,3-9H2,1-2H3. The summed E-state index contributed by atoms with van der Waals surface area (Å²) >= 11 is 1.79. The van der Waals surface area contributed by atoms with Crippen molar-refractivity contribution in [1.82, 2.24) is 9.88 Å². The van der Waals surface area contributed by atoms with Crippen LogP contribution in [0.1, 0.15) is 41.3 Å². The average molecular weight is 254 g/mol. The van der Waals surface area contributed by atoms with Gasteiger partial charge < -0.3 is 5.11 Å². The summed E-state index contributed by atoms with van der Waals surface area (Å²) in [5.41, 5.74) is 1.15. The van der Waals surface area contributed by atoms with Gasteiger partial charge in [-0.15, -0.1) is 11.3 Å². The van der Waals surface area contributed by atoms with Crippen molar-refractivity contribution in [3.05, 3.63) is 15.6 Å². The first-order chi connectivity index (χ1) is 8.20. The summed E-state index contributed by atoms with van der Waals surface area (Å²) in [5, 5.41) is 10.4. The van der Waals surface area contributed by atoms with E-state index >= 15 is 0 Å². The van der Waals surface area contributed by atoms with Gasteiger partial charge in [0.25, 0.3) is 0 Å². The van der Waals surface area contributed by atoms with E-state index in [2.05, 4.69) is 23.7 Å². The van der Waals surface area contributed by atoms with Crippen molar-refractivity contribution >= 4 is 11.3 Å². The molecule has 1 aromatic rings. The minimum absolute atomic E-state index is 0.250. The Kier molecular flexibility index (Phi) is 4.54. The van der Waals surface area contributed by atoms with Gasteiger partial charge in [-0.25, -0.2) is 4.98 Å². The number of thiazole rings is 1. The molecule has 3 nitrogen and oxygen atoms in total. The van der Waals surface area contributed by atoms with Crippen LogP contribution in [-0.2, 0) is 6.54 Å². The van der Waals surface area contributed by atoms with Crippen LogP contribution in [0, 0.1) is 13.8 Å². The van der Waals surface area contributed by atoms with Crippen molar-refractivity contribution in [3.8, 4) is 0 Å². The summed E-state index contributed by atoms with van der Waals surface area (Å²) in [5.74, 6) is 0. The number of hydrogen-bond donors (Lipinski definition) is 1. The zero-order chi connectivity index (χ0) is 12.3. The molecular formula is C13H22N2OS. The summed E-state index contributed by atoms with van der Waals surface area (Å²) < 4.78 is 0. The predicted molar refractivity (Wildman–Crippen MR) is 71.3 cm³/mol. The first-order valence-electron chi connectivity index (χ1n) is 6.48. The third kappa shape index (κ3) is 3.27. The molecule has 0 aromatic carbocycles. The Morgan fingerprint density at radius 3 is 2.59 bits per heavy atom. The van der Waals surface area contributed by atoms with Gasteiger partial charge in [0.15, 0.2) is 0 Å². The second kappa shape index (κ2) is 5.94. The fraction of sp³-hybridized carbons (Fsp3) is 0.769. The van der Waals surface area contributed by atoms with Gasteiger partial charge >= 0.3 is 0 Å².